The third-order valence-electron chi connectivity index (χ3n) is 10.2. The molecule has 282 valence electrons. The van der Waals surface area contributed by atoms with Crippen molar-refractivity contribution in [3.8, 4) is 0 Å². The van der Waals surface area contributed by atoms with Crippen LogP contribution in [0.25, 0.3) is 0 Å². The molecule has 0 saturated carbocycles. The van der Waals surface area contributed by atoms with Crippen LogP contribution in [0.15, 0.2) is 34.3 Å². The van der Waals surface area contributed by atoms with Crippen LogP contribution in [-0.2, 0) is 0 Å². The van der Waals surface area contributed by atoms with Crippen molar-refractivity contribution in [1.82, 2.24) is 45.7 Å². The highest BCUT2D eigenvalue weighted by Gasteiger charge is 2.41. The number of rotatable bonds is 4. The first-order valence-electron chi connectivity index (χ1n) is 17.1. The summed E-state index contributed by atoms with van der Waals surface area (Å²) in [6.45, 7) is 2.34. The number of aliphatic imine (C=N–C) groups is 2. The molecule has 6 heterocycles. The molecule has 0 unspecified atom stereocenters. The summed E-state index contributed by atoms with van der Waals surface area (Å²) in [5.74, 6) is -1.11. The van der Waals surface area contributed by atoms with Crippen LogP contribution in [-0.4, -0.2) is 109 Å². The van der Waals surface area contributed by atoms with Crippen molar-refractivity contribution in [2.24, 2.45) is 9.98 Å². The summed E-state index contributed by atoms with van der Waals surface area (Å²) in [7, 11) is 0. The zero-order chi connectivity index (χ0) is 38.4. The number of amidine groups is 1. The number of guanidine groups is 1. The highest BCUT2D eigenvalue weighted by Crippen LogP contribution is 2.36. The molecule has 0 radical (unpaired) electrons. The minimum absolute atomic E-state index is 0.0636. The number of nitrogens with zero attached hydrogens (tertiary/aromatic N) is 8. The number of carbonyl (C=O) groups is 4. The third-order valence-corrected chi connectivity index (χ3v) is 10.8. The molecule has 11 N–H and O–H groups in total. The van der Waals surface area contributed by atoms with Gasteiger partial charge in [0.05, 0.1) is 17.6 Å². The molecule has 4 aliphatic rings. The van der Waals surface area contributed by atoms with Gasteiger partial charge in [0, 0.05) is 43.7 Å². The molecule has 2 aromatic heterocycles. The van der Waals surface area contributed by atoms with Crippen LogP contribution in [0.3, 0.4) is 0 Å². The molecular weight excluding hydrogens is 741 g/mol. The molecule has 0 bridgehead atoms. The number of anilines is 4. The lowest BCUT2D eigenvalue weighted by Gasteiger charge is -2.39. The molecule has 2 saturated heterocycles. The van der Waals surface area contributed by atoms with Crippen LogP contribution in [0.1, 0.15) is 80.2 Å². The van der Waals surface area contributed by atoms with Crippen molar-refractivity contribution >= 4 is 81.9 Å². The van der Waals surface area contributed by atoms with E-state index in [0.717, 1.165) is 6.42 Å². The zero-order valence-corrected chi connectivity index (χ0v) is 30.4. The van der Waals surface area contributed by atoms with E-state index >= 15 is 0 Å². The Kier molecular flexibility index (Phi) is 9.61. The minimum atomic E-state index is -0.631. The second-order valence-electron chi connectivity index (χ2n) is 13.7. The molecule has 7 rings (SSSR count). The molecule has 2 fully saturated rings. The first kappa shape index (κ1) is 36.5. The van der Waals surface area contributed by atoms with E-state index in [4.69, 9.17) is 51.1 Å². The molecule has 0 aliphatic carbocycles. The van der Waals surface area contributed by atoms with Crippen molar-refractivity contribution in [1.29, 1.82) is 0 Å². The second-order valence-corrected chi connectivity index (χ2v) is 14.4. The van der Waals surface area contributed by atoms with Crippen LogP contribution >= 0.6 is 23.2 Å². The average Bonchev–Trinajstić information content (AvgIpc) is 3.73. The Bertz CT molecular complexity index is 2110. The number of nitrogens with two attached hydrogens (primary N) is 4. The van der Waals surface area contributed by atoms with Crippen molar-refractivity contribution in [3.05, 3.63) is 57.1 Å². The van der Waals surface area contributed by atoms with E-state index < -0.39 is 17.4 Å². The highest BCUT2D eigenvalue weighted by molar-refractivity contribution is 6.32. The number of hydrogen-bond donors (Lipinski definition) is 7. The average molecular weight is 779 g/mol. The Hall–Kier alpha value is -5.82. The van der Waals surface area contributed by atoms with Gasteiger partial charge in [0.1, 0.15) is 5.84 Å². The van der Waals surface area contributed by atoms with Gasteiger partial charge >= 0.3 is 0 Å². The number of likely N-dealkylation sites (tertiary alicyclic amines) is 2. The van der Waals surface area contributed by atoms with E-state index in [1.165, 1.54) is 0 Å². The standard InChI is InChI=1S/C33H37Cl2N15O4/c34-21-25(38)44-23(36)19(42-21)27(51)41-18-5-6-32(47-18)7-11-49(12-8-32)29(53)16-1-3-17(4-2-16)30(54)50-13-9-33(10-14-50)15-40-31(48-33)46-28(52)20-24(37)45-26(39)22(35)43-20/h1-4H,5-15H2,(H4,36,38,44)(H4,37,39,45)(H,41,47,51)(H2,40,46,48,52). The van der Waals surface area contributed by atoms with Crippen molar-refractivity contribution in [2.45, 2.75) is 49.6 Å². The number of hydrogen-bond acceptors (Lipinski definition) is 15. The highest BCUT2D eigenvalue weighted by atomic mass is 35.5. The first-order valence-corrected chi connectivity index (χ1v) is 17.9. The normalized spacial score (nSPS) is 18.6. The van der Waals surface area contributed by atoms with Gasteiger partial charge in [-0.15, -0.1) is 0 Å². The van der Waals surface area contributed by atoms with E-state index in [1.807, 2.05) is 0 Å². The summed E-state index contributed by atoms with van der Waals surface area (Å²) in [5.41, 5.74) is 22.7. The Balaban J connectivity index is 0.879. The molecular formula is C33H37Cl2N15O4. The molecule has 0 atom stereocenters. The third kappa shape index (κ3) is 7.23. The maximum absolute atomic E-state index is 13.4. The summed E-state index contributed by atoms with van der Waals surface area (Å²) < 4.78 is 0. The SMILES string of the molecule is Nc1nc(N)c(C(=O)NC2=NC3(CC2)CCN(C(=O)c2ccc(C(=O)N4CCC5(CC4)CN=C(NC(=O)c4nc(Cl)c(N)nc4N)N5)cc2)CC3)nc1Cl. The van der Waals surface area contributed by atoms with Gasteiger partial charge in [-0.3, -0.25) is 34.5 Å². The van der Waals surface area contributed by atoms with Gasteiger partial charge in [-0.2, -0.15) is 0 Å². The van der Waals surface area contributed by atoms with E-state index in [-0.39, 0.29) is 68.3 Å². The van der Waals surface area contributed by atoms with Crippen LogP contribution < -0.4 is 38.9 Å². The number of nitrogen functional groups attached to an aromatic ring is 4. The summed E-state index contributed by atoms with van der Waals surface area (Å²) in [5, 5.41) is 8.47. The number of piperidine rings is 2. The zero-order valence-electron chi connectivity index (χ0n) is 28.9. The molecule has 19 nitrogen and oxygen atoms in total. The van der Waals surface area contributed by atoms with E-state index in [2.05, 4.69) is 40.9 Å². The predicted molar refractivity (Wildman–Crippen MR) is 201 cm³/mol. The fourth-order valence-corrected chi connectivity index (χ4v) is 7.33. The van der Waals surface area contributed by atoms with E-state index in [0.29, 0.717) is 81.8 Å². The number of nitrogens with one attached hydrogen (secondary N) is 3. The van der Waals surface area contributed by atoms with Gasteiger partial charge in [0.2, 0.25) is 0 Å². The monoisotopic (exact) mass is 777 g/mol. The van der Waals surface area contributed by atoms with E-state index in [9.17, 15) is 19.2 Å². The lowest BCUT2D eigenvalue weighted by molar-refractivity contribution is 0.0658. The maximum atomic E-state index is 13.4. The van der Waals surface area contributed by atoms with Crippen molar-refractivity contribution in [3.63, 3.8) is 0 Å². The number of amides is 4. The summed E-state index contributed by atoms with van der Waals surface area (Å²) >= 11 is 11.8. The second kappa shape index (κ2) is 14.2. The van der Waals surface area contributed by atoms with Crippen molar-refractivity contribution in [2.75, 3.05) is 55.7 Å². The molecule has 2 spiro atoms. The molecule has 1 aromatic carbocycles. The molecule has 21 heteroatoms. The topological polar surface area (TPSA) is 291 Å². The fraction of sp³-hybridized carbons (Fsp3) is 0.394. The molecule has 3 aromatic rings. The van der Waals surface area contributed by atoms with Crippen LogP contribution in [0.4, 0.5) is 23.3 Å². The summed E-state index contributed by atoms with van der Waals surface area (Å²) in [6, 6.07) is 6.71. The smallest absolute Gasteiger partial charge is 0.280 e. The van der Waals surface area contributed by atoms with Crippen molar-refractivity contribution < 1.29 is 19.2 Å². The lowest BCUT2D eigenvalue weighted by Crippen LogP contribution is -2.57. The predicted octanol–water partition coefficient (Wildman–Crippen LogP) is 0.863. The maximum Gasteiger partial charge on any atom is 0.280 e. The largest absolute Gasteiger partial charge is 0.382 e. The Labute approximate surface area is 318 Å². The Morgan fingerprint density at radius 2 is 1.15 bits per heavy atom. The van der Waals surface area contributed by atoms with Gasteiger partial charge in [-0.05, 0) is 56.4 Å². The van der Waals surface area contributed by atoms with Gasteiger partial charge in [-0.25, -0.2) is 19.9 Å². The van der Waals surface area contributed by atoms with Gasteiger partial charge in [-0.1, -0.05) is 23.2 Å². The lowest BCUT2D eigenvalue weighted by atomic mass is 9.86. The van der Waals surface area contributed by atoms with Crippen LogP contribution in [0.5, 0.6) is 0 Å². The minimum Gasteiger partial charge on any atom is -0.382 e. The number of aromatic nitrogens is 4. The molecule has 54 heavy (non-hydrogen) atoms. The number of halogens is 2. The van der Waals surface area contributed by atoms with Gasteiger partial charge in [0.15, 0.2) is 50.9 Å². The summed E-state index contributed by atoms with van der Waals surface area (Å²) in [6.07, 6.45) is 3.76. The van der Waals surface area contributed by atoms with Gasteiger partial charge < -0.3 is 43.4 Å². The molecule has 4 amide bonds. The number of carbonyl (C=O) groups excluding carboxylic acids is 4. The Morgan fingerprint density at radius 3 is 1.67 bits per heavy atom. The van der Waals surface area contributed by atoms with Crippen LogP contribution in [0, 0.1) is 0 Å². The summed E-state index contributed by atoms with van der Waals surface area (Å²) in [4.78, 5) is 80.7. The molecule has 4 aliphatic heterocycles. The fourth-order valence-electron chi connectivity index (χ4n) is 7.07. The van der Waals surface area contributed by atoms with E-state index in [1.54, 1.807) is 34.1 Å². The number of benzene rings is 1. The van der Waals surface area contributed by atoms with Gasteiger partial charge in [0.25, 0.3) is 23.6 Å². The Morgan fingerprint density at radius 1 is 0.667 bits per heavy atom. The first-order chi connectivity index (χ1) is 25.7. The van der Waals surface area contributed by atoms with Crippen LogP contribution in [0.2, 0.25) is 10.3 Å². The quantitative estimate of drug-likeness (QED) is 0.194.